The van der Waals surface area contributed by atoms with Crippen molar-refractivity contribution in [3.05, 3.63) is 52.2 Å². The van der Waals surface area contributed by atoms with E-state index < -0.39 is 10.0 Å². The fourth-order valence-electron chi connectivity index (χ4n) is 2.14. The molecule has 0 spiro atoms. The fourth-order valence-corrected chi connectivity index (χ4v) is 3.34. The predicted molar refractivity (Wildman–Crippen MR) is 87.0 cm³/mol. The minimum atomic E-state index is -3.60. The van der Waals surface area contributed by atoms with Gasteiger partial charge in [0.15, 0.2) is 0 Å². The van der Waals surface area contributed by atoms with E-state index >= 15 is 0 Å². The molecule has 0 aliphatic carbocycles. The van der Waals surface area contributed by atoms with Crippen molar-refractivity contribution in [2.75, 3.05) is 6.54 Å². The molecule has 0 saturated heterocycles. The van der Waals surface area contributed by atoms with Crippen molar-refractivity contribution in [2.24, 2.45) is 5.14 Å². The number of hydrogen-bond donors (Lipinski definition) is 2. The normalized spacial score (nSPS) is 13.2. The molecule has 0 radical (unpaired) electrons. The highest BCUT2D eigenvalue weighted by molar-refractivity contribution is 7.89. The van der Waals surface area contributed by atoms with Crippen molar-refractivity contribution in [2.45, 2.75) is 30.7 Å². The second-order valence-corrected chi connectivity index (χ2v) is 7.47. The summed E-state index contributed by atoms with van der Waals surface area (Å²) in [7, 11) is -3.60. The zero-order valence-electron chi connectivity index (χ0n) is 12.0. The lowest BCUT2D eigenvalue weighted by molar-refractivity contribution is 0.549. The van der Waals surface area contributed by atoms with E-state index in [0.29, 0.717) is 6.04 Å². The summed E-state index contributed by atoms with van der Waals surface area (Å²) >= 11 is 1.72. The molecule has 1 aromatic carbocycles. The third-order valence-electron chi connectivity index (χ3n) is 3.28. The molecule has 0 fully saturated rings. The number of thiophene rings is 1. The van der Waals surface area contributed by atoms with Gasteiger partial charge in [0, 0.05) is 6.04 Å². The Kier molecular flexibility index (Phi) is 5.52. The van der Waals surface area contributed by atoms with Gasteiger partial charge < -0.3 is 5.32 Å². The minimum absolute atomic E-state index is 0.157. The van der Waals surface area contributed by atoms with E-state index in [2.05, 4.69) is 29.1 Å². The molecule has 1 heterocycles. The lowest BCUT2D eigenvalue weighted by Crippen LogP contribution is -2.29. The van der Waals surface area contributed by atoms with Crippen molar-refractivity contribution in [1.82, 2.24) is 5.32 Å². The van der Waals surface area contributed by atoms with E-state index in [-0.39, 0.29) is 4.90 Å². The summed E-state index contributed by atoms with van der Waals surface area (Å²) in [6.07, 6.45) is 1.88. The zero-order valence-corrected chi connectivity index (χ0v) is 13.6. The van der Waals surface area contributed by atoms with Crippen LogP contribution in [0.2, 0.25) is 0 Å². The maximum Gasteiger partial charge on any atom is 0.238 e. The summed E-state index contributed by atoms with van der Waals surface area (Å²) < 4.78 is 22.3. The van der Waals surface area contributed by atoms with Crippen LogP contribution in [-0.4, -0.2) is 21.0 Å². The molecule has 1 atom stereocenters. The van der Waals surface area contributed by atoms with Crippen LogP contribution in [0.15, 0.2) is 46.0 Å². The average molecular weight is 324 g/mol. The topological polar surface area (TPSA) is 72.2 Å². The van der Waals surface area contributed by atoms with E-state index in [1.54, 1.807) is 23.5 Å². The molecule has 0 bridgehead atoms. The van der Waals surface area contributed by atoms with Gasteiger partial charge in [0.05, 0.1) is 4.90 Å². The molecule has 0 unspecified atom stereocenters. The number of benzene rings is 1. The zero-order chi connectivity index (χ0) is 15.3. The molecule has 2 aromatic rings. The summed E-state index contributed by atoms with van der Waals surface area (Å²) in [4.78, 5) is 0.157. The van der Waals surface area contributed by atoms with Crippen LogP contribution in [-0.2, 0) is 22.9 Å². The van der Waals surface area contributed by atoms with Crippen LogP contribution in [0, 0.1) is 0 Å². The Morgan fingerprint density at radius 2 is 1.90 bits per heavy atom. The van der Waals surface area contributed by atoms with Gasteiger partial charge in [-0.2, -0.15) is 11.3 Å². The first kappa shape index (κ1) is 16.2. The third-order valence-corrected chi connectivity index (χ3v) is 4.94. The van der Waals surface area contributed by atoms with E-state index in [9.17, 15) is 8.42 Å². The minimum Gasteiger partial charge on any atom is -0.314 e. The van der Waals surface area contributed by atoms with Crippen molar-refractivity contribution in [3.8, 4) is 0 Å². The molecular formula is C15H20N2O2S2. The second-order valence-electron chi connectivity index (χ2n) is 5.13. The average Bonchev–Trinajstić information content (AvgIpc) is 2.91. The SMILES string of the molecule is C[C@H](Cc1ccsc1)NCCc1ccc(S(N)(=O)=O)cc1. The maximum absolute atomic E-state index is 11.2. The summed E-state index contributed by atoms with van der Waals surface area (Å²) in [5.41, 5.74) is 2.45. The van der Waals surface area contributed by atoms with Crippen LogP contribution in [0.4, 0.5) is 0 Å². The first-order valence-corrected chi connectivity index (χ1v) is 9.30. The Morgan fingerprint density at radius 1 is 1.19 bits per heavy atom. The monoisotopic (exact) mass is 324 g/mol. The summed E-state index contributed by atoms with van der Waals surface area (Å²) in [5, 5.41) is 12.8. The van der Waals surface area contributed by atoms with Gasteiger partial charge in [-0.3, -0.25) is 0 Å². The highest BCUT2D eigenvalue weighted by atomic mass is 32.2. The van der Waals surface area contributed by atoms with Crippen LogP contribution in [0.5, 0.6) is 0 Å². The number of nitrogens with two attached hydrogens (primary N) is 1. The first-order chi connectivity index (χ1) is 9.95. The van der Waals surface area contributed by atoms with Gasteiger partial charge in [0.2, 0.25) is 10.0 Å². The van der Waals surface area contributed by atoms with Crippen LogP contribution >= 0.6 is 11.3 Å². The van der Waals surface area contributed by atoms with E-state index in [1.165, 1.54) is 5.56 Å². The van der Waals surface area contributed by atoms with E-state index in [0.717, 1.165) is 24.9 Å². The molecule has 0 aliphatic rings. The van der Waals surface area contributed by atoms with Gasteiger partial charge in [0.25, 0.3) is 0 Å². The lowest BCUT2D eigenvalue weighted by atomic mass is 10.1. The van der Waals surface area contributed by atoms with Crippen LogP contribution < -0.4 is 10.5 Å². The van der Waals surface area contributed by atoms with Crippen molar-refractivity contribution >= 4 is 21.4 Å². The Labute approximate surface area is 130 Å². The van der Waals surface area contributed by atoms with Gasteiger partial charge in [-0.1, -0.05) is 12.1 Å². The molecule has 6 heteroatoms. The van der Waals surface area contributed by atoms with Gasteiger partial charge in [0.1, 0.15) is 0 Å². The third kappa shape index (κ3) is 5.24. The molecule has 4 nitrogen and oxygen atoms in total. The van der Waals surface area contributed by atoms with Crippen LogP contribution in [0.3, 0.4) is 0 Å². The highest BCUT2D eigenvalue weighted by Crippen LogP contribution is 2.10. The van der Waals surface area contributed by atoms with E-state index in [4.69, 9.17) is 5.14 Å². The standard InChI is InChI=1S/C15H20N2O2S2/c1-12(10-14-7-9-20-11-14)17-8-6-13-2-4-15(5-3-13)21(16,18)19/h2-5,7,9,11-12,17H,6,8,10H2,1H3,(H2,16,18,19)/t12-/m1/s1. The Balaban J connectivity index is 1.78. The molecule has 3 N–H and O–H groups in total. The Morgan fingerprint density at radius 3 is 2.48 bits per heavy atom. The molecule has 21 heavy (non-hydrogen) atoms. The quantitative estimate of drug-likeness (QED) is 0.820. The highest BCUT2D eigenvalue weighted by Gasteiger charge is 2.07. The number of hydrogen-bond acceptors (Lipinski definition) is 4. The first-order valence-electron chi connectivity index (χ1n) is 6.81. The molecule has 0 amide bonds. The van der Waals surface area contributed by atoms with Crippen molar-refractivity contribution in [3.63, 3.8) is 0 Å². The summed E-state index contributed by atoms with van der Waals surface area (Å²) in [6.45, 7) is 3.03. The van der Waals surface area contributed by atoms with Gasteiger partial charge >= 0.3 is 0 Å². The van der Waals surface area contributed by atoms with Gasteiger partial charge in [-0.05, 0) is 66.4 Å². The molecule has 0 saturated carbocycles. The van der Waals surface area contributed by atoms with Crippen molar-refractivity contribution in [1.29, 1.82) is 0 Å². The van der Waals surface area contributed by atoms with E-state index in [1.807, 2.05) is 12.1 Å². The summed E-state index contributed by atoms with van der Waals surface area (Å²) in [5.74, 6) is 0. The van der Waals surface area contributed by atoms with Gasteiger partial charge in [-0.15, -0.1) is 0 Å². The second kappa shape index (κ2) is 7.17. The number of rotatable bonds is 7. The Bertz CT molecular complexity index is 649. The Hall–Kier alpha value is -1.21. The summed E-state index contributed by atoms with van der Waals surface area (Å²) in [6, 6.07) is 9.30. The predicted octanol–water partition coefficient (Wildman–Crippen LogP) is 2.16. The fraction of sp³-hybridized carbons (Fsp3) is 0.333. The number of nitrogens with one attached hydrogen (secondary N) is 1. The van der Waals surface area contributed by atoms with Crippen LogP contribution in [0.1, 0.15) is 18.1 Å². The molecule has 2 rings (SSSR count). The smallest absolute Gasteiger partial charge is 0.238 e. The van der Waals surface area contributed by atoms with Gasteiger partial charge in [-0.25, -0.2) is 13.6 Å². The van der Waals surface area contributed by atoms with Crippen molar-refractivity contribution < 1.29 is 8.42 Å². The number of sulfonamides is 1. The molecular weight excluding hydrogens is 304 g/mol. The molecule has 1 aromatic heterocycles. The lowest BCUT2D eigenvalue weighted by Gasteiger charge is -2.13. The molecule has 0 aliphatic heterocycles. The largest absolute Gasteiger partial charge is 0.314 e. The van der Waals surface area contributed by atoms with Crippen LogP contribution in [0.25, 0.3) is 0 Å². The number of primary sulfonamides is 1. The molecule has 114 valence electrons. The maximum atomic E-state index is 11.2.